The van der Waals surface area contributed by atoms with E-state index in [1.807, 2.05) is 19.9 Å². The molecule has 0 fully saturated rings. The van der Waals surface area contributed by atoms with Crippen LogP contribution in [0.5, 0.6) is 0 Å². The third-order valence-corrected chi connectivity index (χ3v) is 4.89. The minimum atomic E-state index is -3.69. The maximum Gasteiger partial charge on any atom is 0.240 e. The lowest BCUT2D eigenvalue weighted by atomic mass is 10.0. The summed E-state index contributed by atoms with van der Waals surface area (Å²) in [7, 11) is -3.69. The van der Waals surface area contributed by atoms with Crippen LogP contribution in [-0.2, 0) is 15.6 Å². The van der Waals surface area contributed by atoms with Crippen LogP contribution >= 0.6 is 0 Å². The summed E-state index contributed by atoms with van der Waals surface area (Å²) >= 11 is 0. The van der Waals surface area contributed by atoms with Crippen molar-refractivity contribution >= 4 is 10.0 Å². The molecule has 2 N–H and O–H groups in total. The first-order valence-corrected chi connectivity index (χ1v) is 8.57. The fraction of sp³-hybridized carbons (Fsp3) is 0.375. The van der Waals surface area contributed by atoms with E-state index in [-0.39, 0.29) is 17.4 Å². The highest BCUT2D eigenvalue weighted by Gasteiger charge is 2.28. The van der Waals surface area contributed by atoms with E-state index in [0.717, 1.165) is 5.56 Å². The monoisotopic (exact) mass is 323 g/mol. The van der Waals surface area contributed by atoms with Crippen LogP contribution in [0.15, 0.2) is 52.0 Å². The van der Waals surface area contributed by atoms with Crippen LogP contribution in [0.2, 0.25) is 0 Å². The number of nitrogens with one attached hydrogen (secondary N) is 1. The lowest BCUT2D eigenvalue weighted by molar-refractivity contribution is 0.0395. The Kier molecular flexibility index (Phi) is 4.75. The Hall–Kier alpha value is -1.63. The number of sulfonamides is 1. The first kappa shape index (κ1) is 16.7. The topological polar surface area (TPSA) is 79.5 Å². The van der Waals surface area contributed by atoms with Gasteiger partial charge >= 0.3 is 0 Å². The van der Waals surface area contributed by atoms with Crippen molar-refractivity contribution in [1.29, 1.82) is 0 Å². The van der Waals surface area contributed by atoms with Crippen LogP contribution < -0.4 is 4.72 Å². The highest BCUT2D eigenvalue weighted by atomic mass is 32.2. The normalized spacial score (nSPS) is 15.0. The Morgan fingerprint density at radius 1 is 1.27 bits per heavy atom. The molecule has 1 atom stereocenters. The largest absolute Gasteiger partial charge is 0.466 e. The first-order valence-electron chi connectivity index (χ1n) is 7.08. The Labute approximate surface area is 131 Å². The number of rotatable bonds is 6. The molecule has 1 aromatic heterocycles. The first-order chi connectivity index (χ1) is 10.2. The smallest absolute Gasteiger partial charge is 0.240 e. The van der Waals surface area contributed by atoms with E-state index in [0.29, 0.717) is 5.76 Å². The zero-order chi connectivity index (χ0) is 16.4. The van der Waals surface area contributed by atoms with Gasteiger partial charge in [0.05, 0.1) is 11.2 Å². The highest BCUT2D eigenvalue weighted by molar-refractivity contribution is 7.89. The highest BCUT2D eigenvalue weighted by Crippen LogP contribution is 2.22. The maximum atomic E-state index is 12.4. The maximum absolute atomic E-state index is 12.4. The molecule has 0 aliphatic heterocycles. The summed E-state index contributed by atoms with van der Waals surface area (Å²) in [6.45, 7) is 5.33. The molecule has 120 valence electrons. The molecule has 0 aliphatic carbocycles. The van der Waals surface area contributed by atoms with Crippen molar-refractivity contribution in [2.24, 2.45) is 0 Å². The number of hydrogen-bond donors (Lipinski definition) is 2. The molecule has 22 heavy (non-hydrogen) atoms. The van der Waals surface area contributed by atoms with Crippen LogP contribution in [0.3, 0.4) is 0 Å². The molecule has 1 unspecified atom stereocenters. The van der Waals surface area contributed by atoms with Gasteiger partial charge in [0, 0.05) is 6.54 Å². The van der Waals surface area contributed by atoms with Crippen LogP contribution in [0.25, 0.3) is 0 Å². The van der Waals surface area contributed by atoms with E-state index < -0.39 is 15.6 Å². The standard InChI is InChI=1S/C16H21NO4S/c1-12(2)13-6-4-7-14(10-13)22(19,20)17-11-16(3,18)15-8-5-9-21-15/h4-10,12,17-18H,11H2,1-3H3. The van der Waals surface area contributed by atoms with E-state index in [2.05, 4.69) is 4.72 Å². The van der Waals surface area contributed by atoms with Gasteiger partial charge in [-0.05, 0) is 42.7 Å². The molecule has 0 spiro atoms. The van der Waals surface area contributed by atoms with Gasteiger partial charge in [0.15, 0.2) is 0 Å². The number of furan rings is 1. The fourth-order valence-corrected chi connectivity index (χ4v) is 3.22. The third-order valence-electron chi connectivity index (χ3n) is 3.49. The summed E-state index contributed by atoms with van der Waals surface area (Å²) in [5.41, 5.74) is -0.465. The second-order valence-electron chi connectivity index (χ2n) is 5.80. The van der Waals surface area contributed by atoms with Gasteiger partial charge < -0.3 is 9.52 Å². The molecule has 0 aliphatic rings. The van der Waals surface area contributed by atoms with Gasteiger partial charge in [-0.15, -0.1) is 0 Å². The molecule has 0 saturated heterocycles. The molecule has 0 saturated carbocycles. The molecule has 1 aromatic carbocycles. The zero-order valence-corrected chi connectivity index (χ0v) is 13.7. The minimum absolute atomic E-state index is 0.172. The molecule has 2 aromatic rings. The predicted octanol–water partition coefficient (Wildman–Crippen LogP) is 2.59. The Morgan fingerprint density at radius 2 is 2.00 bits per heavy atom. The van der Waals surface area contributed by atoms with E-state index in [9.17, 15) is 13.5 Å². The average Bonchev–Trinajstić information content (AvgIpc) is 3.01. The number of aliphatic hydroxyl groups is 1. The van der Waals surface area contributed by atoms with Crippen LogP contribution in [-0.4, -0.2) is 20.1 Å². The quantitative estimate of drug-likeness (QED) is 0.856. The summed E-state index contributed by atoms with van der Waals surface area (Å²) in [4.78, 5) is 0.189. The Bertz CT molecular complexity index is 718. The van der Waals surface area contributed by atoms with Crippen LogP contribution in [0, 0.1) is 0 Å². The molecule has 2 rings (SSSR count). The van der Waals surface area contributed by atoms with Crippen LogP contribution in [0.4, 0.5) is 0 Å². The van der Waals surface area contributed by atoms with Crippen molar-refractivity contribution in [2.75, 3.05) is 6.54 Å². The summed E-state index contributed by atoms with van der Waals surface area (Å²) in [6, 6.07) is 10.0. The molecule has 5 nitrogen and oxygen atoms in total. The number of benzene rings is 1. The molecule has 0 radical (unpaired) electrons. The van der Waals surface area contributed by atoms with Crippen molar-refractivity contribution in [3.05, 3.63) is 54.0 Å². The van der Waals surface area contributed by atoms with Crippen molar-refractivity contribution in [3.8, 4) is 0 Å². The SMILES string of the molecule is CC(C)c1cccc(S(=O)(=O)NCC(C)(O)c2ccco2)c1. The second-order valence-corrected chi connectivity index (χ2v) is 7.57. The van der Waals surface area contributed by atoms with Gasteiger partial charge in [0.25, 0.3) is 0 Å². The second kappa shape index (κ2) is 6.24. The molecule has 6 heteroatoms. The van der Waals surface area contributed by atoms with Gasteiger partial charge in [0.2, 0.25) is 10.0 Å². The zero-order valence-electron chi connectivity index (χ0n) is 12.9. The lowest BCUT2D eigenvalue weighted by Crippen LogP contribution is -2.38. The average molecular weight is 323 g/mol. The molecular formula is C16H21NO4S. The van der Waals surface area contributed by atoms with E-state index >= 15 is 0 Å². The third kappa shape index (κ3) is 3.76. The number of hydrogen-bond acceptors (Lipinski definition) is 4. The van der Waals surface area contributed by atoms with E-state index in [1.165, 1.54) is 19.3 Å². The molecular weight excluding hydrogens is 302 g/mol. The van der Waals surface area contributed by atoms with Crippen molar-refractivity contribution in [3.63, 3.8) is 0 Å². The molecule has 0 bridgehead atoms. The predicted molar refractivity (Wildman–Crippen MR) is 84.0 cm³/mol. The Balaban J connectivity index is 2.16. The van der Waals surface area contributed by atoms with Gasteiger partial charge in [0.1, 0.15) is 11.4 Å². The molecule has 1 heterocycles. The molecule has 0 amide bonds. The van der Waals surface area contributed by atoms with Crippen molar-refractivity contribution in [1.82, 2.24) is 4.72 Å². The van der Waals surface area contributed by atoms with Crippen molar-refractivity contribution < 1.29 is 17.9 Å². The summed E-state index contributed by atoms with van der Waals surface area (Å²) in [5, 5.41) is 10.3. The lowest BCUT2D eigenvalue weighted by Gasteiger charge is -2.21. The van der Waals surface area contributed by atoms with Crippen molar-refractivity contribution in [2.45, 2.75) is 37.2 Å². The minimum Gasteiger partial charge on any atom is -0.466 e. The Morgan fingerprint density at radius 3 is 2.59 bits per heavy atom. The summed E-state index contributed by atoms with van der Waals surface area (Å²) in [6.07, 6.45) is 1.43. The fourth-order valence-electron chi connectivity index (χ4n) is 2.03. The van der Waals surface area contributed by atoms with E-state index in [4.69, 9.17) is 4.42 Å². The van der Waals surface area contributed by atoms with E-state index in [1.54, 1.807) is 24.3 Å². The van der Waals surface area contributed by atoms with Crippen LogP contribution in [0.1, 0.15) is 38.0 Å². The summed E-state index contributed by atoms with van der Waals surface area (Å²) in [5.74, 6) is 0.549. The van der Waals surface area contributed by atoms with Gasteiger partial charge in [-0.3, -0.25) is 0 Å². The van der Waals surface area contributed by atoms with Gasteiger partial charge in [-0.1, -0.05) is 26.0 Å². The summed E-state index contributed by atoms with van der Waals surface area (Å²) < 4.78 is 32.3. The van der Waals surface area contributed by atoms with Gasteiger partial charge in [-0.25, -0.2) is 13.1 Å². The van der Waals surface area contributed by atoms with Gasteiger partial charge in [-0.2, -0.15) is 0 Å².